The molecule has 0 atom stereocenters. The van der Waals surface area contributed by atoms with Crippen molar-refractivity contribution in [3.8, 4) is 0 Å². The monoisotopic (exact) mass is 446 g/mol. The van der Waals surface area contributed by atoms with Crippen LogP contribution in [0, 0.1) is 0 Å². The minimum absolute atomic E-state index is 0.176. The fourth-order valence-corrected chi connectivity index (χ4v) is 1.36. The molecule has 0 bridgehead atoms. The first-order valence-corrected chi connectivity index (χ1v) is 10.0. The molecule has 2 N–H and O–H groups in total. The van der Waals surface area contributed by atoms with Gasteiger partial charge in [0.25, 0.3) is 0 Å². The van der Waals surface area contributed by atoms with Crippen molar-refractivity contribution in [3.63, 3.8) is 0 Å². The number of carboxylic acids is 2. The average molecular weight is 447 g/mol. The predicted molar refractivity (Wildman–Crippen MR) is 126 cm³/mol. The highest BCUT2D eigenvalue weighted by atomic mass is 16.6. The zero-order valence-electron chi connectivity index (χ0n) is 18.9. The van der Waals surface area contributed by atoms with Crippen molar-refractivity contribution >= 4 is 24.0 Å². The maximum atomic E-state index is 10.4. The average Bonchev–Trinajstić information content (AvgIpc) is 3.65. The van der Waals surface area contributed by atoms with Gasteiger partial charge in [0, 0.05) is 17.2 Å². The summed E-state index contributed by atoms with van der Waals surface area (Å²) in [5, 5.41) is 16.4. The van der Waals surface area contributed by atoms with Gasteiger partial charge in [0.1, 0.15) is 0 Å². The number of hydrogen-bond acceptors (Lipinski definition) is 5. The number of epoxide rings is 1. The van der Waals surface area contributed by atoms with Crippen LogP contribution in [0.2, 0.25) is 0 Å². The lowest BCUT2D eigenvalue weighted by atomic mass is 10.1. The van der Waals surface area contributed by atoms with Crippen molar-refractivity contribution in [1.29, 1.82) is 0 Å². The maximum Gasteiger partial charge on any atom is 0.331 e. The zero-order valence-corrected chi connectivity index (χ0v) is 18.9. The SMILES string of the molecule is C1CO1.C=C(C)C(=O)O.C=C(CC=Cc1ccccc1)C(=O)O.C=CC(=O)OCCCC. The number of carboxylic acid groups (broad SMARTS) is 2. The number of allylic oxidation sites excluding steroid dienone is 1. The number of benzene rings is 1. The van der Waals surface area contributed by atoms with Gasteiger partial charge in [-0.2, -0.15) is 0 Å². The fourth-order valence-electron chi connectivity index (χ4n) is 1.36. The third-order valence-corrected chi connectivity index (χ3v) is 3.25. The lowest BCUT2D eigenvalue weighted by Gasteiger charge is -1.97. The van der Waals surface area contributed by atoms with Crippen LogP contribution in [0.3, 0.4) is 0 Å². The van der Waals surface area contributed by atoms with Crippen molar-refractivity contribution in [2.24, 2.45) is 0 Å². The lowest BCUT2D eigenvalue weighted by Crippen LogP contribution is -2.00. The molecule has 0 aromatic heterocycles. The van der Waals surface area contributed by atoms with E-state index in [1.807, 2.05) is 43.3 Å². The largest absolute Gasteiger partial charge is 0.478 e. The third kappa shape index (κ3) is 24.6. The standard InChI is InChI=1S/C12H12O2.C7H12O2.C4H6O2.C2H4O/c1-10(12(13)14)6-5-9-11-7-3-2-4-8-11;1-3-5-6-9-7(8)4-2;1-3(2)4(5)6;1-2-3-1/h2-5,7-9H,1,6H2,(H,13,14);4H,2-3,5-6H2,1H3;1H2,2H3,(H,5,6);1-2H2. The van der Waals surface area contributed by atoms with Gasteiger partial charge in [-0.1, -0.05) is 75.6 Å². The third-order valence-electron chi connectivity index (χ3n) is 3.25. The number of unbranched alkanes of at least 4 members (excludes halogenated alkanes) is 1. The normalized spacial score (nSPS) is 10.6. The van der Waals surface area contributed by atoms with Crippen LogP contribution in [0.1, 0.15) is 38.7 Å². The van der Waals surface area contributed by atoms with Crippen molar-refractivity contribution in [3.05, 3.63) is 78.9 Å². The summed E-state index contributed by atoms with van der Waals surface area (Å²) in [6.07, 6.45) is 7.21. The van der Waals surface area contributed by atoms with Gasteiger partial charge in [-0.25, -0.2) is 14.4 Å². The Morgan fingerprint density at radius 3 is 2.00 bits per heavy atom. The molecule has 1 aliphatic rings. The minimum Gasteiger partial charge on any atom is -0.478 e. The second-order valence-corrected chi connectivity index (χ2v) is 6.35. The second-order valence-electron chi connectivity index (χ2n) is 6.35. The Morgan fingerprint density at radius 1 is 1.09 bits per heavy atom. The molecule has 1 aromatic carbocycles. The van der Waals surface area contributed by atoms with Crippen molar-refractivity contribution in [2.75, 3.05) is 19.8 Å². The number of esters is 1. The topological polar surface area (TPSA) is 113 Å². The Bertz CT molecular complexity index is 732. The van der Waals surface area contributed by atoms with Crippen molar-refractivity contribution in [1.82, 2.24) is 0 Å². The summed E-state index contributed by atoms with van der Waals surface area (Å²) in [5.74, 6) is -2.21. The molecule has 7 nitrogen and oxygen atoms in total. The molecular formula is C25H34O7. The van der Waals surface area contributed by atoms with Crippen LogP contribution >= 0.6 is 0 Å². The second kappa shape index (κ2) is 20.8. The summed E-state index contributed by atoms with van der Waals surface area (Å²) in [4.78, 5) is 30.4. The van der Waals surface area contributed by atoms with Gasteiger partial charge >= 0.3 is 17.9 Å². The zero-order chi connectivity index (χ0) is 24.8. The first-order valence-electron chi connectivity index (χ1n) is 10.0. The van der Waals surface area contributed by atoms with E-state index in [0.29, 0.717) is 13.0 Å². The Balaban J connectivity index is 0. The van der Waals surface area contributed by atoms with Crippen molar-refractivity contribution < 1.29 is 34.1 Å². The van der Waals surface area contributed by atoms with Crippen LogP contribution < -0.4 is 0 Å². The maximum absolute atomic E-state index is 10.4. The molecule has 0 unspecified atom stereocenters. The predicted octanol–water partition coefficient (Wildman–Crippen LogP) is 4.91. The molecule has 1 aromatic rings. The lowest BCUT2D eigenvalue weighted by molar-refractivity contribution is -0.138. The minimum atomic E-state index is -0.942. The number of rotatable bonds is 9. The van der Waals surface area contributed by atoms with Crippen LogP contribution in [0.15, 0.2) is 73.4 Å². The molecule has 1 saturated heterocycles. The summed E-state index contributed by atoms with van der Waals surface area (Å²) >= 11 is 0. The molecule has 2 rings (SSSR count). The highest BCUT2D eigenvalue weighted by molar-refractivity contribution is 5.86. The molecule has 0 aliphatic carbocycles. The van der Waals surface area contributed by atoms with Gasteiger partial charge in [0.2, 0.25) is 0 Å². The number of aliphatic carboxylic acids is 2. The summed E-state index contributed by atoms with van der Waals surface area (Å²) in [6, 6.07) is 9.73. The quantitative estimate of drug-likeness (QED) is 0.240. The highest BCUT2D eigenvalue weighted by Gasteiger charge is 1.99. The molecule has 0 spiro atoms. The Morgan fingerprint density at radius 2 is 1.62 bits per heavy atom. The summed E-state index contributed by atoms with van der Waals surface area (Å²) < 4.78 is 9.17. The van der Waals surface area contributed by atoms with E-state index < -0.39 is 11.9 Å². The summed E-state index contributed by atoms with van der Waals surface area (Å²) in [7, 11) is 0. The Hall–Kier alpha value is -3.45. The van der Waals surface area contributed by atoms with Gasteiger partial charge in [-0.05, 0) is 25.3 Å². The van der Waals surface area contributed by atoms with E-state index in [0.717, 1.165) is 31.6 Å². The molecule has 7 heteroatoms. The molecule has 176 valence electrons. The number of carbonyl (C=O) groups excluding carboxylic acids is 1. The molecule has 32 heavy (non-hydrogen) atoms. The van der Waals surface area contributed by atoms with Crippen LogP contribution in [0.4, 0.5) is 0 Å². The van der Waals surface area contributed by atoms with Gasteiger partial charge in [-0.3, -0.25) is 0 Å². The number of carbonyl (C=O) groups is 3. The molecule has 0 saturated carbocycles. The highest BCUT2D eigenvalue weighted by Crippen LogP contribution is 2.05. The van der Waals surface area contributed by atoms with Gasteiger partial charge < -0.3 is 19.7 Å². The van der Waals surface area contributed by atoms with Crippen LogP contribution in [0.25, 0.3) is 6.08 Å². The molecule has 1 heterocycles. The Kier molecular flexibility index (Phi) is 20.0. The molecule has 1 aliphatic heterocycles. The van der Waals surface area contributed by atoms with Crippen LogP contribution in [-0.2, 0) is 23.9 Å². The van der Waals surface area contributed by atoms with Crippen LogP contribution in [-0.4, -0.2) is 47.9 Å². The summed E-state index contributed by atoms with van der Waals surface area (Å²) in [5.41, 5.74) is 1.44. The van der Waals surface area contributed by atoms with Crippen molar-refractivity contribution in [2.45, 2.75) is 33.1 Å². The molecule has 1 fully saturated rings. The Labute approximate surface area is 190 Å². The molecule has 0 amide bonds. The fraction of sp³-hybridized carbons (Fsp3) is 0.320. The van der Waals surface area contributed by atoms with Gasteiger partial charge in [-0.15, -0.1) is 0 Å². The molecular weight excluding hydrogens is 412 g/mol. The van der Waals surface area contributed by atoms with E-state index in [1.54, 1.807) is 6.08 Å². The van der Waals surface area contributed by atoms with E-state index >= 15 is 0 Å². The van der Waals surface area contributed by atoms with Gasteiger partial charge in [0.15, 0.2) is 0 Å². The van der Waals surface area contributed by atoms with Gasteiger partial charge in [0.05, 0.1) is 19.8 Å². The van der Waals surface area contributed by atoms with E-state index in [4.69, 9.17) is 10.2 Å². The molecule has 0 radical (unpaired) electrons. The van der Waals surface area contributed by atoms with E-state index in [-0.39, 0.29) is 17.1 Å². The smallest absolute Gasteiger partial charge is 0.331 e. The van der Waals surface area contributed by atoms with E-state index in [1.165, 1.54) is 13.0 Å². The first kappa shape index (κ1) is 30.7. The van der Waals surface area contributed by atoms with E-state index in [2.05, 4.69) is 29.2 Å². The summed E-state index contributed by atoms with van der Waals surface area (Å²) in [6.45, 7) is 15.9. The number of hydrogen-bond donors (Lipinski definition) is 2. The van der Waals surface area contributed by atoms with E-state index in [9.17, 15) is 14.4 Å². The van der Waals surface area contributed by atoms with Crippen LogP contribution in [0.5, 0.6) is 0 Å². The number of ether oxygens (including phenoxy) is 2. The first-order chi connectivity index (χ1) is 15.1.